The Morgan fingerprint density at radius 1 is 0.826 bits per heavy atom. The van der Waals surface area contributed by atoms with E-state index in [-0.39, 0.29) is 11.1 Å². The van der Waals surface area contributed by atoms with E-state index in [1.807, 2.05) is 6.92 Å². The molecular weight excluding hydrogens is 296 g/mol. The number of methoxy groups -OCH3 is 1. The van der Waals surface area contributed by atoms with E-state index in [0.29, 0.717) is 5.56 Å². The quantitative estimate of drug-likeness (QED) is 0.669. The van der Waals surface area contributed by atoms with Crippen LogP contribution >= 0.6 is 0 Å². The zero-order valence-corrected chi connectivity index (χ0v) is 12.8. The van der Waals surface area contributed by atoms with Gasteiger partial charge in [-0.2, -0.15) is 0 Å². The molecule has 0 aromatic heterocycles. The fourth-order valence-electron chi connectivity index (χ4n) is 1.87. The number of amides is 2. The molecule has 0 spiro atoms. The first-order chi connectivity index (χ1) is 11.0. The van der Waals surface area contributed by atoms with Gasteiger partial charge in [0.2, 0.25) is 0 Å². The van der Waals surface area contributed by atoms with E-state index in [1.165, 1.54) is 25.3 Å². The molecule has 0 radical (unpaired) electrons. The second kappa shape index (κ2) is 7.22. The van der Waals surface area contributed by atoms with Gasteiger partial charge < -0.3 is 4.74 Å². The maximum atomic E-state index is 12.0. The van der Waals surface area contributed by atoms with Gasteiger partial charge >= 0.3 is 5.97 Å². The molecule has 2 amide bonds. The van der Waals surface area contributed by atoms with Crippen molar-refractivity contribution in [1.29, 1.82) is 0 Å². The van der Waals surface area contributed by atoms with Crippen molar-refractivity contribution in [3.05, 3.63) is 70.8 Å². The van der Waals surface area contributed by atoms with Crippen molar-refractivity contribution in [1.82, 2.24) is 10.9 Å². The molecule has 2 N–H and O–H groups in total. The normalized spacial score (nSPS) is 9.83. The van der Waals surface area contributed by atoms with E-state index < -0.39 is 17.8 Å². The number of aryl methyl sites for hydroxylation is 1. The summed E-state index contributed by atoms with van der Waals surface area (Å²) >= 11 is 0. The first-order valence-electron chi connectivity index (χ1n) is 6.87. The van der Waals surface area contributed by atoms with E-state index in [9.17, 15) is 14.4 Å². The lowest BCUT2D eigenvalue weighted by Crippen LogP contribution is -2.41. The van der Waals surface area contributed by atoms with Crippen molar-refractivity contribution < 1.29 is 19.1 Å². The third-order valence-electron chi connectivity index (χ3n) is 3.15. The average Bonchev–Trinajstić information content (AvgIpc) is 2.59. The number of hydrazine groups is 1. The number of esters is 1. The molecule has 0 saturated heterocycles. The summed E-state index contributed by atoms with van der Waals surface area (Å²) in [5, 5.41) is 0. The second-order valence-electron chi connectivity index (χ2n) is 4.85. The van der Waals surface area contributed by atoms with Crippen molar-refractivity contribution in [2.45, 2.75) is 6.92 Å². The van der Waals surface area contributed by atoms with Gasteiger partial charge in [-0.3, -0.25) is 20.4 Å². The summed E-state index contributed by atoms with van der Waals surface area (Å²) in [5.74, 6) is -1.50. The molecular formula is C17H16N2O4. The first kappa shape index (κ1) is 16.2. The highest BCUT2D eigenvalue weighted by Gasteiger charge is 2.12. The van der Waals surface area contributed by atoms with Crippen LogP contribution in [0.4, 0.5) is 0 Å². The van der Waals surface area contributed by atoms with Crippen molar-refractivity contribution in [3.63, 3.8) is 0 Å². The number of ether oxygens (including phenoxy) is 1. The zero-order valence-electron chi connectivity index (χ0n) is 12.8. The van der Waals surface area contributed by atoms with Gasteiger partial charge in [0, 0.05) is 11.1 Å². The number of carbonyl (C=O) groups is 3. The lowest BCUT2D eigenvalue weighted by Gasteiger charge is -2.08. The van der Waals surface area contributed by atoms with Gasteiger partial charge in [0.05, 0.1) is 12.7 Å². The van der Waals surface area contributed by atoms with Gasteiger partial charge in [0.1, 0.15) is 0 Å². The van der Waals surface area contributed by atoms with Crippen LogP contribution < -0.4 is 10.9 Å². The van der Waals surface area contributed by atoms with Crippen LogP contribution in [0.2, 0.25) is 0 Å². The SMILES string of the molecule is COC(=O)c1cccc(C(=O)NNC(=O)c2ccc(C)cc2)c1. The minimum Gasteiger partial charge on any atom is -0.465 e. The molecule has 2 aromatic carbocycles. The molecule has 0 bridgehead atoms. The van der Waals surface area contributed by atoms with Crippen LogP contribution in [-0.4, -0.2) is 24.9 Å². The molecule has 0 aliphatic heterocycles. The van der Waals surface area contributed by atoms with Crippen LogP contribution in [0, 0.1) is 6.92 Å². The maximum Gasteiger partial charge on any atom is 0.337 e. The lowest BCUT2D eigenvalue weighted by molar-refractivity contribution is 0.0600. The Hall–Kier alpha value is -3.15. The Morgan fingerprint density at radius 2 is 1.39 bits per heavy atom. The molecule has 6 heteroatoms. The summed E-state index contributed by atoms with van der Waals surface area (Å²) in [6.45, 7) is 1.91. The number of hydrogen-bond donors (Lipinski definition) is 2. The van der Waals surface area contributed by atoms with Gasteiger partial charge in [0.15, 0.2) is 0 Å². The van der Waals surface area contributed by atoms with E-state index in [1.54, 1.807) is 30.3 Å². The topological polar surface area (TPSA) is 84.5 Å². The van der Waals surface area contributed by atoms with E-state index >= 15 is 0 Å². The Bertz CT molecular complexity index is 739. The van der Waals surface area contributed by atoms with Crippen LogP contribution in [0.25, 0.3) is 0 Å². The first-order valence-corrected chi connectivity index (χ1v) is 6.87. The van der Waals surface area contributed by atoms with Gasteiger partial charge in [-0.15, -0.1) is 0 Å². The van der Waals surface area contributed by atoms with Crippen molar-refractivity contribution in [2.24, 2.45) is 0 Å². The fraction of sp³-hybridized carbons (Fsp3) is 0.118. The van der Waals surface area contributed by atoms with Crippen LogP contribution in [0.5, 0.6) is 0 Å². The molecule has 6 nitrogen and oxygen atoms in total. The lowest BCUT2D eigenvalue weighted by atomic mass is 10.1. The van der Waals surface area contributed by atoms with Gasteiger partial charge in [-0.1, -0.05) is 23.8 Å². The van der Waals surface area contributed by atoms with Crippen LogP contribution in [0.15, 0.2) is 48.5 Å². The monoisotopic (exact) mass is 312 g/mol. The molecule has 0 aliphatic carbocycles. The molecule has 2 rings (SSSR count). The Kier molecular flexibility index (Phi) is 5.09. The molecule has 0 unspecified atom stereocenters. The summed E-state index contributed by atoms with van der Waals surface area (Å²) in [5.41, 5.74) is 6.58. The molecule has 118 valence electrons. The van der Waals surface area contributed by atoms with Crippen molar-refractivity contribution in [2.75, 3.05) is 7.11 Å². The highest BCUT2D eigenvalue weighted by Crippen LogP contribution is 2.07. The molecule has 0 heterocycles. The fourth-order valence-corrected chi connectivity index (χ4v) is 1.87. The molecule has 0 saturated carbocycles. The Balaban J connectivity index is 2.00. The standard InChI is InChI=1S/C17H16N2O4/c1-11-6-8-12(9-7-11)15(20)18-19-16(21)13-4-3-5-14(10-13)17(22)23-2/h3-10H,1-2H3,(H,18,20)(H,19,21). The molecule has 2 aromatic rings. The predicted molar refractivity (Wildman–Crippen MR) is 83.9 cm³/mol. The highest BCUT2D eigenvalue weighted by atomic mass is 16.5. The number of nitrogens with one attached hydrogen (secondary N) is 2. The average molecular weight is 312 g/mol. The second-order valence-corrected chi connectivity index (χ2v) is 4.85. The minimum atomic E-state index is -0.539. The van der Waals surface area contributed by atoms with Crippen LogP contribution in [0.3, 0.4) is 0 Å². The Labute approximate surface area is 133 Å². The van der Waals surface area contributed by atoms with Gasteiger partial charge in [-0.25, -0.2) is 4.79 Å². The third kappa shape index (κ3) is 4.16. The van der Waals surface area contributed by atoms with Gasteiger partial charge in [0.25, 0.3) is 11.8 Å². The molecule has 0 atom stereocenters. The highest BCUT2D eigenvalue weighted by molar-refractivity contribution is 6.00. The number of benzene rings is 2. The summed E-state index contributed by atoms with van der Waals surface area (Å²) in [6, 6.07) is 12.9. The smallest absolute Gasteiger partial charge is 0.337 e. The summed E-state index contributed by atoms with van der Waals surface area (Å²) in [7, 11) is 1.26. The maximum absolute atomic E-state index is 12.0. The summed E-state index contributed by atoms with van der Waals surface area (Å²) < 4.78 is 4.60. The summed E-state index contributed by atoms with van der Waals surface area (Å²) in [4.78, 5) is 35.4. The zero-order chi connectivity index (χ0) is 16.8. The van der Waals surface area contributed by atoms with Crippen molar-refractivity contribution in [3.8, 4) is 0 Å². The molecule has 0 fully saturated rings. The number of hydrogen-bond acceptors (Lipinski definition) is 4. The number of carbonyl (C=O) groups excluding carboxylic acids is 3. The largest absolute Gasteiger partial charge is 0.465 e. The third-order valence-corrected chi connectivity index (χ3v) is 3.15. The van der Waals surface area contributed by atoms with Crippen molar-refractivity contribution >= 4 is 17.8 Å². The minimum absolute atomic E-state index is 0.233. The summed E-state index contributed by atoms with van der Waals surface area (Å²) in [6.07, 6.45) is 0. The van der Waals surface area contributed by atoms with Gasteiger partial charge in [-0.05, 0) is 37.3 Å². The predicted octanol–water partition coefficient (Wildman–Crippen LogP) is 1.86. The van der Waals surface area contributed by atoms with E-state index in [0.717, 1.165) is 5.56 Å². The Morgan fingerprint density at radius 3 is 2.00 bits per heavy atom. The van der Waals surface area contributed by atoms with E-state index in [2.05, 4.69) is 15.6 Å². The number of rotatable bonds is 3. The van der Waals surface area contributed by atoms with E-state index in [4.69, 9.17) is 0 Å². The molecule has 0 aliphatic rings. The van der Waals surface area contributed by atoms with Crippen LogP contribution in [-0.2, 0) is 4.74 Å². The van der Waals surface area contributed by atoms with Crippen LogP contribution in [0.1, 0.15) is 36.6 Å². The molecule has 23 heavy (non-hydrogen) atoms.